The van der Waals surface area contributed by atoms with Gasteiger partial charge in [0.05, 0.1) is 5.75 Å². The van der Waals surface area contributed by atoms with E-state index in [0.717, 1.165) is 12.2 Å². The molecule has 2 aromatic rings. The quantitative estimate of drug-likeness (QED) is 0.713. The lowest BCUT2D eigenvalue weighted by molar-refractivity contribution is 0.275. The fraction of sp³-hybridized carbons (Fsp3) is 0.600. The van der Waals surface area contributed by atoms with Crippen molar-refractivity contribution in [2.45, 2.75) is 76.9 Å². The third-order valence-corrected chi connectivity index (χ3v) is 5.37. The number of aromatic nitrogens is 3. The van der Waals surface area contributed by atoms with Crippen molar-refractivity contribution < 1.29 is 4.74 Å². The summed E-state index contributed by atoms with van der Waals surface area (Å²) in [7, 11) is 0. The van der Waals surface area contributed by atoms with Gasteiger partial charge in [-0.2, -0.15) is 5.10 Å². The van der Waals surface area contributed by atoms with Gasteiger partial charge in [-0.25, -0.2) is 9.89 Å². The molecule has 1 heterocycles. The van der Waals surface area contributed by atoms with Crippen molar-refractivity contribution in [1.29, 1.82) is 0 Å². The molecule has 2 rings (SSSR count). The molecule has 0 radical (unpaired) electrons. The van der Waals surface area contributed by atoms with Crippen LogP contribution in [0.25, 0.3) is 0 Å². The number of hydrogen-bond acceptors (Lipinski definition) is 4. The Kier molecular flexibility index (Phi) is 6.27. The largest absolute Gasteiger partial charge is 0.479 e. The van der Waals surface area contributed by atoms with Gasteiger partial charge in [0.2, 0.25) is 0 Å². The number of ether oxygens (including phenoxy) is 1. The molecule has 0 spiro atoms. The van der Waals surface area contributed by atoms with Gasteiger partial charge < -0.3 is 4.74 Å². The van der Waals surface area contributed by atoms with Crippen LogP contribution in [-0.4, -0.2) is 20.6 Å². The second-order valence-corrected chi connectivity index (χ2v) is 9.72. The summed E-state index contributed by atoms with van der Waals surface area (Å²) in [5, 5.41) is 6.36. The maximum Gasteiger partial charge on any atom is 0.340 e. The van der Waals surface area contributed by atoms with Crippen molar-refractivity contribution in [2.75, 3.05) is 0 Å². The number of rotatable bonds is 6. The smallest absolute Gasteiger partial charge is 0.340 e. The van der Waals surface area contributed by atoms with Crippen LogP contribution < -0.4 is 10.4 Å². The molecule has 0 saturated carbocycles. The molecular weight excluding hydrogens is 346 g/mol. The highest BCUT2D eigenvalue weighted by molar-refractivity contribution is 7.99. The number of thioether (sulfide) groups is 1. The first-order chi connectivity index (χ1) is 12.0. The van der Waals surface area contributed by atoms with Gasteiger partial charge in [-0.3, -0.25) is 4.98 Å². The second-order valence-electron chi connectivity index (χ2n) is 8.57. The Morgan fingerprint density at radius 1 is 1.15 bits per heavy atom. The van der Waals surface area contributed by atoms with Gasteiger partial charge in [0, 0.05) is 5.56 Å². The lowest BCUT2D eigenvalue weighted by Crippen LogP contribution is -2.24. The molecule has 1 aromatic heterocycles. The van der Waals surface area contributed by atoms with Crippen molar-refractivity contribution >= 4 is 11.8 Å². The van der Waals surface area contributed by atoms with Gasteiger partial charge in [-0.15, -0.1) is 11.8 Å². The number of H-pyrrole nitrogens is 2. The molecule has 1 unspecified atom stereocenters. The molecule has 0 fully saturated rings. The van der Waals surface area contributed by atoms with E-state index in [1.807, 2.05) is 0 Å². The number of nitrogens with zero attached hydrogens (tertiary/aromatic N) is 1. The monoisotopic (exact) mass is 377 g/mol. The summed E-state index contributed by atoms with van der Waals surface area (Å²) in [6.45, 7) is 15.5. The zero-order valence-electron chi connectivity index (χ0n) is 16.9. The van der Waals surface area contributed by atoms with Crippen LogP contribution in [0.5, 0.6) is 5.75 Å². The van der Waals surface area contributed by atoms with Crippen molar-refractivity contribution in [3.05, 3.63) is 45.6 Å². The second kappa shape index (κ2) is 7.91. The van der Waals surface area contributed by atoms with Crippen LogP contribution in [0, 0.1) is 0 Å². The maximum absolute atomic E-state index is 11.2. The van der Waals surface area contributed by atoms with Crippen molar-refractivity contribution in [1.82, 2.24) is 15.2 Å². The highest BCUT2D eigenvalue weighted by Crippen LogP contribution is 2.40. The van der Waals surface area contributed by atoms with Gasteiger partial charge in [0.1, 0.15) is 17.0 Å². The van der Waals surface area contributed by atoms with Gasteiger partial charge in [0.25, 0.3) is 0 Å². The van der Waals surface area contributed by atoms with Crippen LogP contribution in [-0.2, 0) is 16.6 Å². The molecule has 5 nitrogen and oxygen atoms in total. The molecule has 0 aliphatic rings. The van der Waals surface area contributed by atoms with Crippen LogP contribution in [0.4, 0.5) is 0 Å². The van der Waals surface area contributed by atoms with Crippen LogP contribution in [0.15, 0.2) is 23.0 Å². The summed E-state index contributed by atoms with van der Waals surface area (Å²) in [6, 6.07) is 6.35. The van der Waals surface area contributed by atoms with E-state index in [2.05, 4.69) is 81.8 Å². The average molecular weight is 378 g/mol. The lowest BCUT2D eigenvalue weighted by atomic mass is 9.75. The molecule has 144 valence electrons. The standard InChI is InChI=1S/C20H31N3O2S/c1-8-16(26-12-15-21-18(24)23-22-15)25-14-11-9-10-13(19(2,3)4)17(14)20(5,6)7/h9-11,16H,8,12H2,1-7H3,(H2,21,22,23,24). The molecule has 0 saturated heterocycles. The van der Waals surface area contributed by atoms with E-state index in [-0.39, 0.29) is 22.0 Å². The zero-order valence-corrected chi connectivity index (χ0v) is 17.7. The number of benzene rings is 1. The van der Waals surface area contributed by atoms with Gasteiger partial charge in [0.15, 0.2) is 0 Å². The Hall–Kier alpha value is -1.69. The van der Waals surface area contributed by atoms with E-state index in [4.69, 9.17) is 4.74 Å². The average Bonchev–Trinajstić information content (AvgIpc) is 2.94. The Morgan fingerprint density at radius 3 is 2.35 bits per heavy atom. The van der Waals surface area contributed by atoms with Gasteiger partial charge in [-0.05, 0) is 28.9 Å². The summed E-state index contributed by atoms with van der Waals surface area (Å²) in [5.41, 5.74) is 2.33. The SMILES string of the molecule is CCC(Oc1cccc(C(C)(C)C)c1C(C)(C)C)SCc1n[nH]c(=O)[nH]1. The third kappa shape index (κ3) is 5.16. The summed E-state index contributed by atoms with van der Waals surface area (Å²) >= 11 is 1.64. The van der Waals surface area contributed by atoms with E-state index >= 15 is 0 Å². The van der Waals surface area contributed by atoms with Crippen molar-refractivity contribution in [2.24, 2.45) is 0 Å². The van der Waals surface area contributed by atoms with E-state index in [1.165, 1.54) is 11.1 Å². The van der Waals surface area contributed by atoms with Crippen molar-refractivity contribution in [3.63, 3.8) is 0 Å². The summed E-state index contributed by atoms with van der Waals surface area (Å²) in [6.07, 6.45) is 0.864. The summed E-state index contributed by atoms with van der Waals surface area (Å²) < 4.78 is 6.42. The first kappa shape index (κ1) is 20.6. The predicted molar refractivity (Wildman–Crippen MR) is 109 cm³/mol. The Labute approximate surface area is 160 Å². The van der Waals surface area contributed by atoms with E-state index < -0.39 is 0 Å². The lowest BCUT2D eigenvalue weighted by Gasteiger charge is -2.33. The normalized spacial score (nSPS) is 13.7. The maximum atomic E-state index is 11.2. The fourth-order valence-corrected chi connectivity index (χ4v) is 3.84. The molecule has 2 N–H and O–H groups in total. The molecular formula is C20H31N3O2S. The number of hydrogen-bond donors (Lipinski definition) is 2. The molecule has 0 bridgehead atoms. The Balaban J connectivity index is 2.27. The molecule has 0 aliphatic heterocycles. The first-order valence-corrected chi connectivity index (χ1v) is 10.1. The molecule has 1 atom stereocenters. The van der Waals surface area contributed by atoms with Crippen LogP contribution >= 0.6 is 11.8 Å². The molecule has 0 amide bonds. The third-order valence-electron chi connectivity index (χ3n) is 4.13. The first-order valence-electron chi connectivity index (χ1n) is 9.08. The minimum absolute atomic E-state index is 0.00785. The highest BCUT2D eigenvalue weighted by Gasteiger charge is 2.29. The Morgan fingerprint density at radius 2 is 1.85 bits per heavy atom. The van der Waals surface area contributed by atoms with Crippen LogP contribution in [0.2, 0.25) is 0 Å². The van der Waals surface area contributed by atoms with Crippen LogP contribution in [0.1, 0.15) is 71.8 Å². The zero-order chi connectivity index (χ0) is 19.5. The molecule has 0 aliphatic carbocycles. The molecule has 26 heavy (non-hydrogen) atoms. The van der Waals surface area contributed by atoms with E-state index in [9.17, 15) is 4.79 Å². The minimum atomic E-state index is -0.275. The van der Waals surface area contributed by atoms with Crippen LogP contribution in [0.3, 0.4) is 0 Å². The number of nitrogens with one attached hydrogen (secondary N) is 2. The van der Waals surface area contributed by atoms with Gasteiger partial charge in [-0.1, -0.05) is 60.6 Å². The highest BCUT2D eigenvalue weighted by atomic mass is 32.2. The molecule has 6 heteroatoms. The minimum Gasteiger partial charge on any atom is -0.479 e. The van der Waals surface area contributed by atoms with E-state index in [1.54, 1.807) is 11.8 Å². The van der Waals surface area contributed by atoms with E-state index in [0.29, 0.717) is 11.6 Å². The topological polar surface area (TPSA) is 70.8 Å². The summed E-state index contributed by atoms with van der Waals surface area (Å²) in [5.74, 6) is 2.18. The van der Waals surface area contributed by atoms with Gasteiger partial charge >= 0.3 is 5.69 Å². The summed E-state index contributed by atoms with van der Waals surface area (Å²) in [4.78, 5) is 13.9. The number of aromatic amines is 2. The molecule has 1 aromatic carbocycles. The predicted octanol–water partition coefficient (Wildman–Crippen LogP) is 4.74. The Bertz CT molecular complexity index is 781. The van der Waals surface area contributed by atoms with Crippen molar-refractivity contribution in [3.8, 4) is 5.75 Å². The fourth-order valence-electron chi connectivity index (χ4n) is 2.95.